The van der Waals surface area contributed by atoms with Crippen LogP contribution in [0.15, 0.2) is 30.4 Å². The van der Waals surface area contributed by atoms with Gasteiger partial charge in [0.05, 0.1) is 13.5 Å². The number of nitrogens with zero attached hydrogens (tertiary/aromatic N) is 1. The predicted octanol–water partition coefficient (Wildman–Crippen LogP) is 3.46. The summed E-state index contributed by atoms with van der Waals surface area (Å²) in [6.07, 6.45) is 7.19. The van der Waals surface area contributed by atoms with Gasteiger partial charge in [0, 0.05) is 13.1 Å². The van der Waals surface area contributed by atoms with Gasteiger partial charge in [-0.3, -0.25) is 4.79 Å². The number of hydrogen-bond acceptors (Lipinski definition) is 6. The number of carbonyl (C=O) groups is 2. The molecule has 2 aliphatic rings. The fraction of sp³-hybridized carbons (Fsp3) is 0.524. The van der Waals surface area contributed by atoms with E-state index in [1.165, 1.54) is 7.11 Å². The van der Waals surface area contributed by atoms with E-state index in [0.29, 0.717) is 0 Å². The van der Waals surface area contributed by atoms with Gasteiger partial charge in [0.1, 0.15) is 6.10 Å². The molecule has 0 radical (unpaired) electrons. The normalized spacial score (nSPS) is 16.8. The van der Waals surface area contributed by atoms with Gasteiger partial charge in [0.2, 0.25) is 12.7 Å². The predicted molar refractivity (Wildman–Crippen MR) is 102 cm³/mol. The van der Waals surface area contributed by atoms with Crippen molar-refractivity contribution in [2.45, 2.75) is 44.6 Å². The molecule has 0 aromatic heterocycles. The number of hydrogen-bond donors (Lipinski definition) is 0. The first-order chi connectivity index (χ1) is 13.7. The minimum absolute atomic E-state index is 0.00836. The number of fused-ring (bicyclic) bond motifs is 1. The van der Waals surface area contributed by atoms with E-state index in [1.54, 1.807) is 6.08 Å². The van der Waals surface area contributed by atoms with Crippen LogP contribution in [0.25, 0.3) is 0 Å². The molecule has 1 amide bonds. The van der Waals surface area contributed by atoms with Crippen molar-refractivity contribution in [3.05, 3.63) is 35.9 Å². The van der Waals surface area contributed by atoms with Gasteiger partial charge in [-0.25, -0.2) is 4.79 Å². The number of rotatable bonds is 7. The number of benzene rings is 1. The van der Waals surface area contributed by atoms with Crippen molar-refractivity contribution in [2.24, 2.45) is 0 Å². The van der Waals surface area contributed by atoms with Gasteiger partial charge < -0.3 is 23.8 Å². The van der Waals surface area contributed by atoms with E-state index in [1.807, 2.05) is 29.2 Å². The third-order valence-electron chi connectivity index (χ3n) is 4.89. The van der Waals surface area contributed by atoms with E-state index in [9.17, 15) is 9.59 Å². The summed E-state index contributed by atoms with van der Waals surface area (Å²) in [6, 6.07) is 5.88. The maximum Gasteiger partial charge on any atom is 0.508 e. The van der Waals surface area contributed by atoms with Crippen LogP contribution in [0.2, 0.25) is 0 Å². The molecule has 2 heterocycles. The van der Waals surface area contributed by atoms with Gasteiger partial charge in [0.15, 0.2) is 11.5 Å². The van der Waals surface area contributed by atoms with Crippen LogP contribution in [0.4, 0.5) is 4.79 Å². The van der Waals surface area contributed by atoms with Gasteiger partial charge >= 0.3 is 6.16 Å². The third kappa shape index (κ3) is 5.65. The molecular weight excluding hydrogens is 362 g/mol. The van der Waals surface area contributed by atoms with Crippen molar-refractivity contribution in [1.82, 2.24) is 4.90 Å². The maximum absolute atomic E-state index is 12.5. The Labute approximate surface area is 165 Å². The standard InChI is InChI=1S/C21H27NO6/c1-25-21(24)28-17(14-20(23)22-11-5-2-6-12-22)8-4-3-7-16-9-10-18-19(13-16)27-15-26-18/h4,8-10,13,17H,2-3,5-7,11-12,14-15H2,1H3/b8-4+. The Morgan fingerprint density at radius 2 is 1.96 bits per heavy atom. The van der Waals surface area contributed by atoms with Crippen LogP contribution in [0.3, 0.4) is 0 Å². The van der Waals surface area contributed by atoms with Gasteiger partial charge in [-0.2, -0.15) is 0 Å². The maximum atomic E-state index is 12.5. The highest BCUT2D eigenvalue weighted by atomic mass is 16.7. The first-order valence-electron chi connectivity index (χ1n) is 9.73. The molecule has 7 nitrogen and oxygen atoms in total. The van der Waals surface area contributed by atoms with Crippen molar-refractivity contribution in [2.75, 3.05) is 27.0 Å². The molecule has 1 aromatic rings. The molecule has 0 N–H and O–H groups in total. The molecule has 1 unspecified atom stereocenters. The van der Waals surface area contributed by atoms with E-state index >= 15 is 0 Å². The van der Waals surface area contributed by atoms with E-state index < -0.39 is 12.3 Å². The molecule has 0 saturated carbocycles. The molecule has 2 aliphatic heterocycles. The second kappa shape index (κ2) is 10.0. The van der Waals surface area contributed by atoms with Crippen molar-refractivity contribution >= 4 is 12.1 Å². The number of ether oxygens (including phenoxy) is 4. The topological polar surface area (TPSA) is 74.3 Å². The van der Waals surface area contributed by atoms with E-state index in [-0.39, 0.29) is 19.1 Å². The van der Waals surface area contributed by atoms with Crippen LogP contribution >= 0.6 is 0 Å². The molecule has 1 aromatic carbocycles. The average Bonchev–Trinajstić information content (AvgIpc) is 3.19. The fourth-order valence-corrected chi connectivity index (χ4v) is 3.36. The molecular formula is C21H27NO6. The second-order valence-corrected chi connectivity index (χ2v) is 6.91. The third-order valence-corrected chi connectivity index (χ3v) is 4.89. The van der Waals surface area contributed by atoms with E-state index in [2.05, 4.69) is 4.74 Å². The number of likely N-dealkylation sites (tertiary alicyclic amines) is 1. The van der Waals surface area contributed by atoms with Crippen molar-refractivity contribution in [3.8, 4) is 11.5 Å². The largest absolute Gasteiger partial charge is 0.508 e. The zero-order valence-corrected chi connectivity index (χ0v) is 16.2. The van der Waals surface area contributed by atoms with Crippen LogP contribution in [-0.4, -0.2) is 50.1 Å². The molecule has 1 fully saturated rings. The summed E-state index contributed by atoms with van der Waals surface area (Å²) in [5.74, 6) is 1.54. The van der Waals surface area contributed by atoms with Crippen LogP contribution < -0.4 is 9.47 Å². The lowest BCUT2D eigenvalue weighted by atomic mass is 10.1. The monoisotopic (exact) mass is 389 g/mol. The van der Waals surface area contributed by atoms with Crippen molar-refractivity contribution < 1.29 is 28.5 Å². The molecule has 152 valence electrons. The molecule has 7 heteroatoms. The number of carbonyl (C=O) groups excluding carboxylic acids is 2. The van der Waals surface area contributed by atoms with Crippen LogP contribution in [0, 0.1) is 0 Å². The van der Waals surface area contributed by atoms with Crippen LogP contribution in [0.1, 0.15) is 37.7 Å². The Bertz CT molecular complexity index is 711. The number of amides is 1. The summed E-state index contributed by atoms with van der Waals surface area (Å²) < 4.78 is 20.5. The zero-order chi connectivity index (χ0) is 19.8. The molecule has 0 aliphatic carbocycles. The highest BCUT2D eigenvalue weighted by Crippen LogP contribution is 2.32. The Hall–Kier alpha value is -2.70. The first-order valence-corrected chi connectivity index (χ1v) is 9.73. The van der Waals surface area contributed by atoms with Gasteiger partial charge in [-0.05, 0) is 55.9 Å². The first kappa shape index (κ1) is 20.0. The summed E-state index contributed by atoms with van der Waals surface area (Å²) >= 11 is 0. The lowest BCUT2D eigenvalue weighted by molar-refractivity contribution is -0.133. The molecule has 28 heavy (non-hydrogen) atoms. The number of allylic oxidation sites excluding steroid dienone is 1. The molecule has 1 atom stereocenters. The Morgan fingerprint density at radius 3 is 2.75 bits per heavy atom. The highest BCUT2D eigenvalue weighted by molar-refractivity contribution is 5.77. The van der Waals surface area contributed by atoms with E-state index in [0.717, 1.165) is 62.3 Å². The number of methoxy groups -OCH3 is 1. The number of aryl methyl sites for hydroxylation is 1. The van der Waals surface area contributed by atoms with Gasteiger partial charge in [0.25, 0.3) is 0 Å². The molecule has 1 saturated heterocycles. The summed E-state index contributed by atoms with van der Waals surface area (Å²) in [6.45, 7) is 1.81. The lowest BCUT2D eigenvalue weighted by Crippen LogP contribution is -2.37. The SMILES string of the molecule is COC(=O)OC(/C=C/CCc1ccc2c(c1)OCO2)CC(=O)N1CCCCC1. The fourth-order valence-electron chi connectivity index (χ4n) is 3.36. The Balaban J connectivity index is 1.52. The summed E-state index contributed by atoms with van der Waals surface area (Å²) in [5.41, 5.74) is 1.13. The lowest BCUT2D eigenvalue weighted by Gasteiger charge is -2.27. The highest BCUT2D eigenvalue weighted by Gasteiger charge is 2.22. The minimum atomic E-state index is -0.781. The molecule has 3 rings (SSSR count). The summed E-state index contributed by atoms with van der Waals surface area (Å²) in [4.78, 5) is 25.8. The van der Waals surface area contributed by atoms with Crippen molar-refractivity contribution in [1.29, 1.82) is 0 Å². The quantitative estimate of drug-likeness (QED) is 0.525. The van der Waals surface area contributed by atoms with Crippen LogP contribution in [0.5, 0.6) is 11.5 Å². The molecule has 0 spiro atoms. The van der Waals surface area contributed by atoms with Crippen molar-refractivity contribution in [3.63, 3.8) is 0 Å². The minimum Gasteiger partial charge on any atom is -0.454 e. The Morgan fingerprint density at radius 1 is 1.18 bits per heavy atom. The molecule has 0 bridgehead atoms. The second-order valence-electron chi connectivity index (χ2n) is 6.91. The zero-order valence-electron chi connectivity index (χ0n) is 16.2. The van der Waals surface area contributed by atoms with Gasteiger partial charge in [-0.15, -0.1) is 0 Å². The van der Waals surface area contributed by atoms with Crippen LogP contribution in [-0.2, 0) is 20.7 Å². The Kier molecular flexibility index (Phi) is 7.17. The summed E-state index contributed by atoms with van der Waals surface area (Å²) in [7, 11) is 1.26. The average molecular weight is 389 g/mol. The van der Waals surface area contributed by atoms with E-state index in [4.69, 9.17) is 14.2 Å². The smallest absolute Gasteiger partial charge is 0.454 e. The van der Waals surface area contributed by atoms with Gasteiger partial charge in [-0.1, -0.05) is 12.1 Å². The summed E-state index contributed by atoms with van der Waals surface area (Å²) in [5, 5.41) is 0. The number of piperidine rings is 1.